The molecule has 0 radical (unpaired) electrons. The molecule has 0 aliphatic carbocycles. The molecule has 0 amide bonds. The Bertz CT molecular complexity index is 925. The average Bonchev–Trinajstić information content (AvgIpc) is 2.68. The van der Waals surface area contributed by atoms with Gasteiger partial charge in [0.2, 0.25) is 0 Å². The molecule has 0 saturated carbocycles. The molecule has 4 N–H and O–H groups in total. The Hall–Kier alpha value is -2.54. The Balaban J connectivity index is 0.00000320. The molecule has 30 heavy (non-hydrogen) atoms. The molecule has 3 aromatic carbocycles. The van der Waals surface area contributed by atoms with Gasteiger partial charge < -0.3 is 20.4 Å². The molecule has 1 atom stereocenters. The van der Waals surface area contributed by atoms with E-state index in [-0.39, 0.29) is 40.8 Å². The molecule has 3 rings (SSSR count). The molecule has 160 valence electrons. The van der Waals surface area contributed by atoms with E-state index in [4.69, 9.17) is 0 Å². The largest absolute Gasteiger partial charge is 0.508 e. The van der Waals surface area contributed by atoms with E-state index in [0.29, 0.717) is 12.1 Å². The highest BCUT2D eigenvalue weighted by molar-refractivity contribution is 8.93. The fourth-order valence-corrected chi connectivity index (χ4v) is 3.47. The number of rotatable bonds is 7. The van der Waals surface area contributed by atoms with E-state index in [2.05, 4.69) is 18.7 Å². The maximum Gasteiger partial charge on any atom is 0.119 e. The zero-order valence-corrected chi connectivity index (χ0v) is 18.8. The lowest BCUT2D eigenvalue weighted by molar-refractivity contribution is 0.0415. The second-order valence-electron chi connectivity index (χ2n) is 7.77. The van der Waals surface area contributed by atoms with Crippen LogP contribution in [0.5, 0.6) is 17.2 Å². The van der Waals surface area contributed by atoms with Crippen LogP contribution in [0.3, 0.4) is 0 Å². The van der Waals surface area contributed by atoms with Crippen molar-refractivity contribution >= 4 is 17.0 Å². The Morgan fingerprint density at radius 1 is 0.800 bits per heavy atom. The second-order valence-corrected chi connectivity index (χ2v) is 7.77. The number of halogens is 1. The molecule has 0 fully saturated rings. The van der Waals surface area contributed by atoms with Crippen LogP contribution in [0.15, 0.2) is 72.8 Å². The van der Waals surface area contributed by atoms with Crippen molar-refractivity contribution in [1.82, 2.24) is 4.90 Å². The van der Waals surface area contributed by atoms with Crippen molar-refractivity contribution in [3.8, 4) is 17.2 Å². The van der Waals surface area contributed by atoms with E-state index in [1.807, 2.05) is 42.5 Å². The van der Waals surface area contributed by atoms with Crippen LogP contribution < -0.4 is 0 Å². The first-order valence-electron chi connectivity index (χ1n) is 9.55. The number of aromatic hydroxyl groups is 3. The summed E-state index contributed by atoms with van der Waals surface area (Å²) in [7, 11) is 0. The molecule has 0 spiro atoms. The number of benzene rings is 3. The number of aliphatic hydroxyl groups is 1. The molecule has 5 nitrogen and oxygen atoms in total. The third kappa shape index (κ3) is 5.75. The van der Waals surface area contributed by atoms with E-state index < -0.39 is 11.6 Å². The van der Waals surface area contributed by atoms with Gasteiger partial charge in [-0.1, -0.05) is 42.5 Å². The molecule has 1 unspecified atom stereocenters. The third-order valence-electron chi connectivity index (χ3n) is 5.28. The normalized spacial score (nSPS) is 12.4. The van der Waals surface area contributed by atoms with Crippen LogP contribution in [0.2, 0.25) is 0 Å². The topological polar surface area (TPSA) is 84.2 Å². The summed E-state index contributed by atoms with van der Waals surface area (Å²) in [6.45, 7) is 5.01. The second kappa shape index (κ2) is 9.98. The summed E-state index contributed by atoms with van der Waals surface area (Å²) >= 11 is 0. The van der Waals surface area contributed by atoms with Crippen LogP contribution in [-0.4, -0.2) is 31.9 Å². The maximum absolute atomic E-state index is 10.9. The number of phenolic OH excluding ortho intramolecular Hbond substituents is 3. The first-order chi connectivity index (χ1) is 13.8. The summed E-state index contributed by atoms with van der Waals surface area (Å²) in [6, 6.07) is 21.2. The highest BCUT2D eigenvalue weighted by Gasteiger charge is 2.31. The maximum atomic E-state index is 10.9. The molecule has 0 heterocycles. The fraction of sp³-hybridized carbons (Fsp3) is 0.250. The van der Waals surface area contributed by atoms with Gasteiger partial charge in [-0.2, -0.15) is 0 Å². The van der Waals surface area contributed by atoms with Gasteiger partial charge in [0.1, 0.15) is 17.2 Å². The number of hydrogen-bond acceptors (Lipinski definition) is 5. The van der Waals surface area contributed by atoms with E-state index in [1.165, 1.54) is 18.2 Å². The standard InChI is InChI=1S/C24H27NO4.BrH/c1-24(2,19-8-10-20(26)11-9-19)25(15-17-6-4-3-5-7-17)16-23(29)18-12-21(27)14-22(28)13-18;/h3-14,23,26-29H,15-16H2,1-2H3;1H. The highest BCUT2D eigenvalue weighted by atomic mass is 79.9. The highest BCUT2D eigenvalue weighted by Crippen LogP contribution is 2.33. The number of aliphatic hydroxyl groups excluding tert-OH is 1. The summed E-state index contributed by atoms with van der Waals surface area (Å²) in [5, 5.41) is 40.0. The van der Waals surface area contributed by atoms with Crippen LogP contribution in [0.25, 0.3) is 0 Å². The summed E-state index contributed by atoms with van der Waals surface area (Å²) in [4.78, 5) is 2.14. The molecular weight excluding hydrogens is 446 g/mol. The molecule has 0 aliphatic rings. The monoisotopic (exact) mass is 473 g/mol. The molecule has 0 aliphatic heterocycles. The van der Waals surface area contributed by atoms with E-state index in [9.17, 15) is 20.4 Å². The fourth-order valence-electron chi connectivity index (χ4n) is 3.47. The van der Waals surface area contributed by atoms with Crippen LogP contribution in [0.4, 0.5) is 0 Å². The van der Waals surface area contributed by atoms with Crippen molar-refractivity contribution < 1.29 is 20.4 Å². The van der Waals surface area contributed by atoms with E-state index in [0.717, 1.165) is 11.1 Å². The van der Waals surface area contributed by atoms with Crippen molar-refractivity contribution in [3.63, 3.8) is 0 Å². The lowest BCUT2D eigenvalue weighted by Crippen LogP contribution is -2.43. The Kier molecular flexibility index (Phi) is 7.89. The van der Waals surface area contributed by atoms with E-state index in [1.54, 1.807) is 12.1 Å². The van der Waals surface area contributed by atoms with Gasteiger partial charge in [0.15, 0.2) is 0 Å². The van der Waals surface area contributed by atoms with Crippen molar-refractivity contribution in [3.05, 3.63) is 89.5 Å². The third-order valence-corrected chi connectivity index (χ3v) is 5.28. The first kappa shape index (κ1) is 23.7. The summed E-state index contributed by atoms with van der Waals surface area (Å²) < 4.78 is 0. The van der Waals surface area contributed by atoms with Gasteiger partial charge in [0, 0.05) is 24.7 Å². The lowest BCUT2D eigenvalue weighted by Gasteiger charge is -2.40. The Morgan fingerprint density at radius 2 is 1.37 bits per heavy atom. The number of hydrogen-bond donors (Lipinski definition) is 4. The van der Waals surface area contributed by atoms with Gasteiger partial charge in [0.05, 0.1) is 6.10 Å². The first-order valence-corrected chi connectivity index (χ1v) is 9.55. The quantitative estimate of drug-likeness (QED) is 0.394. The molecule has 0 saturated heterocycles. The Labute approximate surface area is 187 Å². The minimum absolute atomic E-state index is 0. The Morgan fingerprint density at radius 3 is 1.93 bits per heavy atom. The summed E-state index contributed by atoms with van der Waals surface area (Å²) in [5.74, 6) is 0.0207. The van der Waals surface area contributed by atoms with Crippen LogP contribution in [0.1, 0.15) is 36.6 Å². The molecule has 0 aromatic heterocycles. The zero-order valence-electron chi connectivity index (χ0n) is 17.1. The smallest absolute Gasteiger partial charge is 0.119 e. The molecule has 3 aromatic rings. The van der Waals surface area contributed by atoms with Crippen LogP contribution in [0, 0.1) is 0 Å². The van der Waals surface area contributed by atoms with Crippen molar-refractivity contribution in [1.29, 1.82) is 0 Å². The van der Waals surface area contributed by atoms with Gasteiger partial charge in [0.25, 0.3) is 0 Å². The van der Waals surface area contributed by atoms with Crippen molar-refractivity contribution in [2.45, 2.75) is 32.0 Å². The SMILES string of the molecule is Br.CC(C)(c1ccc(O)cc1)N(Cc1ccccc1)CC(O)c1cc(O)cc(O)c1. The average molecular weight is 474 g/mol. The summed E-state index contributed by atoms with van der Waals surface area (Å²) in [6.07, 6.45) is -0.909. The van der Waals surface area contributed by atoms with Gasteiger partial charge in [-0.3, -0.25) is 4.90 Å². The summed E-state index contributed by atoms with van der Waals surface area (Å²) in [5.41, 5.74) is 2.09. The lowest BCUT2D eigenvalue weighted by atomic mass is 9.90. The van der Waals surface area contributed by atoms with Gasteiger partial charge in [-0.15, -0.1) is 17.0 Å². The number of phenols is 3. The molecular formula is C24H28BrNO4. The van der Waals surface area contributed by atoms with Crippen molar-refractivity contribution in [2.24, 2.45) is 0 Å². The van der Waals surface area contributed by atoms with Gasteiger partial charge >= 0.3 is 0 Å². The zero-order chi connectivity index (χ0) is 21.0. The van der Waals surface area contributed by atoms with E-state index >= 15 is 0 Å². The predicted molar refractivity (Wildman–Crippen MR) is 123 cm³/mol. The van der Waals surface area contributed by atoms with Crippen LogP contribution in [-0.2, 0) is 12.1 Å². The molecule has 0 bridgehead atoms. The minimum atomic E-state index is -0.909. The van der Waals surface area contributed by atoms with Gasteiger partial charge in [-0.25, -0.2) is 0 Å². The number of nitrogens with zero attached hydrogens (tertiary/aromatic N) is 1. The van der Waals surface area contributed by atoms with Crippen LogP contribution >= 0.6 is 17.0 Å². The predicted octanol–water partition coefficient (Wildman–Crippen LogP) is 4.85. The van der Waals surface area contributed by atoms with Crippen molar-refractivity contribution in [2.75, 3.05) is 6.54 Å². The van der Waals surface area contributed by atoms with Gasteiger partial charge in [-0.05, 0) is 54.8 Å². The molecule has 6 heteroatoms. The minimum Gasteiger partial charge on any atom is -0.508 e.